The van der Waals surface area contributed by atoms with Crippen LogP contribution < -0.4 is 10.1 Å². The van der Waals surface area contributed by atoms with Crippen LogP contribution in [0.4, 0.5) is 0 Å². The highest BCUT2D eigenvalue weighted by molar-refractivity contribution is 9.11. The van der Waals surface area contributed by atoms with E-state index in [4.69, 9.17) is 9.47 Å². The molecule has 3 nitrogen and oxygen atoms in total. The largest absolute Gasteiger partial charge is 0.488 e. The summed E-state index contributed by atoms with van der Waals surface area (Å²) in [5, 5.41) is 3.46. The summed E-state index contributed by atoms with van der Waals surface area (Å²) in [7, 11) is 0. The second-order valence-corrected chi connectivity index (χ2v) is 7.55. The second-order valence-electron chi connectivity index (χ2n) is 5.84. The van der Waals surface area contributed by atoms with E-state index in [1.165, 1.54) is 5.56 Å². The van der Waals surface area contributed by atoms with E-state index in [-0.39, 0.29) is 6.10 Å². The molecule has 1 aliphatic heterocycles. The molecule has 0 unspecified atom stereocenters. The van der Waals surface area contributed by atoms with Gasteiger partial charge in [-0.25, -0.2) is 0 Å². The van der Waals surface area contributed by atoms with E-state index >= 15 is 0 Å². The first-order chi connectivity index (χ1) is 10.1. The van der Waals surface area contributed by atoms with Gasteiger partial charge < -0.3 is 14.8 Å². The lowest BCUT2D eigenvalue weighted by Gasteiger charge is -2.24. The number of ether oxygens (including phenoxy) is 2. The van der Waals surface area contributed by atoms with Gasteiger partial charge in [-0.05, 0) is 62.0 Å². The van der Waals surface area contributed by atoms with Crippen LogP contribution >= 0.6 is 31.9 Å². The fourth-order valence-electron chi connectivity index (χ4n) is 2.29. The van der Waals surface area contributed by atoms with E-state index in [0.29, 0.717) is 5.92 Å². The predicted molar refractivity (Wildman–Crippen MR) is 92.9 cm³/mol. The van der Waals surface area contributed by atoms with Gasteiger partial charge in [0.05, 0.1) is 22.2 Å². The molecular weight excluding hydrogens is 398 g/mol. The van der Waals surface area contributed by atoms with Gasteiger partial charge in [0.2, 0.25) is 0 Å². The Balaban J connectivity index is 1.99. The summed E-state index contributed by atoms with van der Waals surface area (Å²) in [6.07, 6.45) is 2.16. The number of rotatable bonds is 6. The van der Waals surface area contributed by atoms with Gasteiger partial charge >= 0.3 is 0 Å². The van der Waals surface area contributed by atoms with Crippen molar-refractivity contribution >= 4 is 31.9 Å². The Morgan fingerprint density at radius 2 is 1.86 bits per heavy atom. The van der Waals surface area contributed by atoms with Gasteiger partial charge in [0.25, 0.3) is 0 Å². The lowest BCUT2D eigenvalue weighted by atomic mass is 10.1. The fraction of sp³-hybridized carbons (Fsp3) is 0.625. The van der Waals surface area contributed by atoms with Crippen LogP contribution in [0, 0.1) is 5.92 Å². The molecule has 0 spiro atoms. The van der Waals surface area contributed by atoms with E-state index in [9.17, 15) is 0 Å². The van der Waals surface area contributed by atoms with Crippen molar-refractivity contribution in [3.8, 4) is 5.75 Å². The van der Waals surface area contributed by atoms with Gasteiger partial charge in [0.1, 0.15) is 11.9 Å². The molecule has 0 aromatic heterocycles. The highest BCUT2D eigenvalue weighted by atomic mass is 79.9. The Labute approximate surface area is 144 Å². The molecular formula is C16H23Br2NO2. The van der Waals surface area contributed by atoms with E-state index in [1.54, 1.807) is 0 Å². The lowest BCUT2D eigenvalue weighted by molar-refractivity contribution is 0.0249. The van der Waals surface area contributed by atoms with Crippen molar-refractivity contribution in [1.29, 1.82) is 0 Å². The molecule has 0 atom stereocenters. The van der Waals surface area contributed by atoms with Crippen molar-refractivity contribution in [2.24, 2.45) is 5.92 Å². The van der Waals surface area contributed by atoms with Crippen LogP contribution in [0.5, 0.6) is 5.75 Å². The molecule has 5 heteroatoms. The van der Waals surface area contributed by atoms with Crippen LogP contribution in [0.25, 0.3) is 0 Å². The Hall–Kier alpha value is -0.100. The van der Waals surface area contributed by atoms with Crippen molar-refractivity contribution in [3.05, 3.63) is 26.6 Å². The van der Waals surface area contributed by atoms with E-state index in [2.05, 4.69) is 63.2 Å². The molecule has 1 saturated heterocycles. The minimum absolute atomic E-state index is 0.247. The molecule has 118 valence electrons. The number of hydrogen-bond acceptors (Lipinski definition) is 3. The SMILES string of the molecule is CC(C)CNCc1cc(Br)c(OC2CCOCC2)c(Br)c1. The van der Waals surface area contributed by atoms with Crippen LogP contribution in [0.2, 0.25) is 0 Å². The van der Waals surface area contributed by atoms with Crippen LogP contribution in [-0.2, 0) is 11.3 Å². The molecule has 21 heavy (non-hydrogen) atoms. The lowest BCUT2D eigenvalue weighted by Crippen LogP contribution is -2.26. The van der Waals surface area contributed by atoms with Gasteiger partial charge in [-0.15, -0.1) is 0 Å². The average molecular weight is 421 g/mol. The molecule has 0 radical (unpaired) electrons. The predicted octanol–water partition coefficient (Wildman–Crippen LogP) is 4.52. The first-order valence-electron chi connectivity index (χ1n) is 7.49. The Morgan fingerprint density at radius 3 is 2.43 bits per heavy atom. The zero-order valence-electron chi connectivity index (χ0n) is 12.6. The van der Waals surface area contributed by atoms with E-state index in [1.807, 2.05) is 0 Å². The molecule has 0 amide bonds. The highest BCUT2D eigenvalue weighted by Crippen LogP contribution is 2.36. The molecule has 0 saturated carbocycles. The third kappa shape index (κ3) is 5.55. The summed E-state index contributed by atoms with van der Waals surface area (Å²) in [6, 6.07) is 4.26. The summed E-state index contributed by atoms with van der Waals surface area (Å²) < 4.78 is 13.5. The Morgan fingerprint density at radius 1 is 1.24 bits per heavy atom. The number of benzene rings is 1. The van der Waals surface area contributed by atoms with Crippen molar-refractivity contribution < 1.29 is 9.47 Å². The van der Waals surface area contributed by atoms with E-state index < -0.39 is 0 Å². The van der Waals surface area contributed by atoms with Gasteiger partial charge in [-0.2, -0.15) is 0 Å². The standard InChI is InChI=1S/C16H23Br2NO2/c1-11(2)9-19-10-12-7-14(17)16(15(18)8-12)21-13-3-5-20-6-4-13/h7-8,11,13,19H,3-6,9-10H2,1-2H3. The van der Waals surface area contributed by atoms with Crippen molar-refractivity contribution in [2.75, 3.05) is 19.8 Å². The molecule has 1 heterocycles. The topological polar surface area (TPSA) is 30.5 Å². The summed E-state index contributed by atoms with van der Waals surface area (Å²) in [5.74, 6) is 1.56. The summed E-state index contributed by atoms with van der Waals surface area (Å²) in [6.45, 7) is 7.89. The molecule has 1 aliphatic rings. The fourth-order valence-corrected chi connectivity index (χ4v) is 3.76. The van der Waals surface area contributed by atoms with Gasteiger partial charge in [0, 0.05) is 19.4 Å². The van der Waals surface area contributed by atoms with Gasteiger partial charge in [-0.3, -0.25) is 0 Å². The van der Waals surface area contributed by atoms with Crippen molar-refractivity contribution in [1.82, 2.24) is 5.32 Å². The van der Waals surface area contributed by atoms with Crippen LogP contribution in [-0.4, -0.2) is 25.9 Å². The maximum atomic E-state index is 6.12. The molecule has 0 bridgehead atoms. The second kappa shape index (κ2) is 8.51. The zero-order valence-corrected chi connectivity index (χ0v) is 15.8. The van der Waals surface area contributed by atoms with Gasteiger partial charge in [0.15, 0.2) is 0 Å². The smallest absolute Gasteiger partial charge is 0.148 e. The van der Waals surface area contributed by atoms with E-state index in [0.717, 1.165) is 53.8 Å². The maximum Gasteiger partial charge on any atom is 0.148 e. The molecule has 0 aliphatic carbocycles. The Bertz CT molecular complexity index is 437. The monoisotopic (exact) mass is 419 g/mol. The van der Waals surface area contributed by atoms with Crippen LogP contribution in [0.15, 0.2) is 21.1 Å². The summed E-state index contributed by atoms with van der Waals surface area (Å²) in [4.78, 5) is 0. The van der Waals surface area contributed by atoms with Crippen LogP contribution in [0.1, 0.15) is 32.3 Å². The van der Waals surface area contributed by atoms with Gasteiger partial charge in [-0.1, -0.05) is 13.8 Å². The quantitative estimate of drug-likeness (QED) is 0.733. The third-order valence-electron chi connectivity index (χ3n) is 3.39. The zero-order chi connectivity index (χ0) is 15.2. The number of halogens is 2. The summed E-state index contributed by atoms with van der Waals surface area (Å²) >= 11 is 7.26. The molecule has 2 rings (SSSR count). The number of hydrogen-bond donors (Lipinski definition) is 1. The maximum absolute atomic E-state index is 6.12. The average Bonchev–Trinajstić information content (AvgIpc) is 2.44. The highest BCUT2D eigenvalue weighted by Gasteiger charge is 2.18. The molecule has 1 N–H and O–H groups in total. The molecule has 1 aromatic carbocycles. The van der Waals surface area contributed by atoms with Crippen molar-refractivity contribution in [2.45, 2.75) is 39.3 Å². The normalized spacial score (nSPS) is 16.4. The van der Waals surface area contributed by atoms with Crippen molar-refractivity contribution in [3.63, 3.8) is 0 Å². The Kier molecular flexibility index (Phi) is 6.99. The first kappa shape index (κ1) is 17.3. The third-order valence-corrected chi connectivity index (χ3v) is 4.57. The number of nitrogens with one attached hydrogen (secondary N) is 1. The molecule has 1 fully saturated rings. The molecule has 1 aromatic rings. The summed E-state index contributed by atoms with van der Waals surface area (Å²) in [5.41, 5.74) is 1.24. The first-order valence-corrected chi connectivity index (χ1v) is 9.08. The minimum Gasteiger partial charge on any atom is -0.488 e. The minimum atomic E-state index is 0.247. The van der Waals surface area contributed by atoms with Crippen LogP contribution in [0.3, 0.4) is 0 Å².